The standard InChI is InChI=1S/C5H13O3PS/c1-3-5-8-9(6,10)7-4-2/h3-5H2,1-2H3,(H,6,10). The van der Waals surface area contributed by atoms with Crippen molar-refractivity contribution < 1.29 is 13.9 Å². The van der Waals surface area contributed by atoms with E-state index in [-0.39, 0.29) is 0 Å². The fraction of sp³-hybridized carbons (Fsp3) is 1.00. The van der Waals surface area contributed by atoms with Crippen molar-refractivity contribution in [3.05, 3.63) is 0 Å². The quantitative estimate of drug-likeness (QED) is 0.659. The summed E-state index contributed by atoms with van der Waals surface area (Å²) in [6, 6.07) is 0. The van der Waals surface area contributed by atoms with Gasteiger partial charge in [-0.2, -0.15) is 0 Å². The topological polar surface area (TPSA) is 38.7 Å². The van der Waals surface area contributed by atoms with E-state index in [1.54, 1.807) is 6.92 Å². The Morgan fingerprint density at radius 2 is 2.00 bits per heavy atom. The average molecular weight is 184 g/mol. The van der Waals surface area contributed by atoms with Gasteiger partial charge in [0.25, 0.3) is 0 Å². The van der Waals surface area contributed by atoms with Gasteiger partial charge in [-0.15, -0.1) is 0 Å². The molecule has 0 saturated heterocycles. The van der Waals surface area contributed by atoms with E-state index in [9.17, 15) is 0 Å². The largest absolute Gasteiger partial charge is 0.324 e. The van der Waals surface area contributed by atoms with Crippen molar-refractivity contribution in [2.75, 3.05) is 13.2 Å². The molecule has 0 aromatic carbocycles. The number of hydrogen-bond acceptors (Lipinski definition) is 3. The summed E-state index contributed by atoms with van der Waals surface area (Å²) in [6.07, 6.45) is 0.839. The summed E-state index contributed by atoms with van der Waals surface area (Å²) < 4.78 is 9.67. The Kier molecular flexibility index (Phi) is 5.49. The van der Waals surface area contributed by atoms with Crippen molar-refractivity contribution in [1.82, 2.24) is 0 Å². The minimum Gasteiger partial charge on any atom is -0.324 e. The Bertz CT molecular complexity index is 128. The zero-order valence-electron chi connectivity index (χ0n) is 6.24. The van der Waals surface area contributed by atoms with Crippen LogP contribution in [0.15, 0.2) is 0 Å². The van der Waals surface area contributed by atoms with Gasteiger partial charge in [0.05, 0.1) is 13.2 Å². The van der Waals surface area contributed by atoms with E-state index in [4.69, 9.17) is 13.9 Å². The third-order valence-corrected chi connectivity index (χ3v) is 2.48. The fourth-order valence-electron chi connectivity index (χ4n) is 0.407. The van der Waals surface area contributed by atoms with Crippen LogP contribution in [0.2, 0.25) is 0 Å². The van der Waals surface area contributed by atoms with E-state index in [0.29, 0.717) is 13.2 Å². The SMILES string of the molecule is CCCOP(O)(=S)OCC. The van der Waals surface area contributed by atoms with Gasteiger partial charge in [-0.1, -0.05) is 6.92 Å². The molecule has 0 spiro atoms. The smallest absolute Gasteiger partial charge is 0.324 e. The molecule has 1 N–H and O–H groups in total. The molecule has 0 fully saturated rings. The van der Waals surface area contributed by atoms with Gasteiger partial charge in [-0.25, -0.2) is 0 Å². The molecular formula is C5H13O3PS. The van der Waals surface area contributed by atoms with Gasteiger partial charge >= 0.3 is 6.72 Å². The van der Waals surface area contributed by atoms with E-state index in [0.717, 1.165) is 6.42 Å². The van der Waals surface area contributed by atoms with Crippen LogP contribution in [0, 0.1) is 0 Å². The second kappa shape index (κ2) is 5.22. The van der Waals surface area contributed by atoms with Crippen LogP contribution in [0.1, 0.15) is 20.3 Å². The summed E-state index contributed by atoms with van der Waals surface area (Å²) in [7, 11) is 0. The predicted octanol–water partition coefficient (Wildman–Crippen LogP) is 1.67. The van der Waals surface area contributed by atoms with Crippen molar-refractivity contribution in [1.29, 1.82) is 0 Å². The Labute approximate surface area is 66.6 Å². The maximum Gasteiger partial charge on any atom is 0.324 e. The second-order valence-corrected chi connectivity index (χ2v) is 4.56. The third kappa shape index (κ3) is 5.33. The van der Waals surface area contributed by atoms with Crippen molar-refractivity contribution in [3.8, 4) is 0 Å². The van der Waals surface area contributed by atoms with Crippen LogP contribution in [0.3, 0.4) is 0 Å². The van der Waals surface area contributed by atoms with Crippen LogP contribution in [0.4, 0.5) is 0 Å². The lowest BCUT2D eigenvalue weighted by molar-refractivity contribution is 0.204. The highest BCUT2D eigenvalue weighted by molar-refractivity contribution is 8.07. The molecular weight excluding hydrogens is 171 g/mol. The first-order chi connectivity index (χ1) is 4.62. The third-order valence-electron chi connectivity index (χ3n) is 0.751. The first kappa shape index (κ1) is 10.5. The van der Waals surface area contributed by atoms with Gasteiger partial charge in [-0.05, 0) is 25.2 Å². The molecule has 3 nitrogen and oxygen atoms in total. The van der Waals surface area contributed by atoms with Gasteiger partial charge in [0.2, 0.25) is 0 Å². The maximum absolute atomic E-state index is 9.13. The number of rotatable bonds is 5. The van der Waals surface area contributed by atoms with Crippen LogP contribution in [-0.4, -0.2) is 18.1 Å². The highest BCUT2D eigenvalue weighted by atomic mass is 32.5. The Balaban J connectivity index is 3.53. The van der Waals surface area contributed by atoms with Gasteiger partial charge in [-0.3, -0.25) is 0 Å². The van der Waals surface area contributed by atoms with Crippen LogP contribution in [0.5, 0.6) is 0 Å². The first-order valence-corrected chi connectivity index (χ1v) is 5.83. The average Bonchev–Trinajstić information content (AvgIpc) is 1.84. The fourth-order valence-corrected chi connectivity index (χ4v) is 1.76. The summed E-state index contributed by atoms with van der Waals surface area (Å²) >= 11 is 4.63. The lowest BCUT2D eigenvalue weighted by atomic mass is 10.5. The summed E-state index contributed by atoms with van der Waals surface area (Å²) in [5, 5.41) is 0. The lowest BCUT2D eigenvalue weighted by Crippen LogP contribution is -1.94. The minimum atomic E-state index is -2.88. The van der Waals surface area contributed by atoms with E-state index < -0.39 is 6.72 Å². The molecule has 0 aliphatic heterocycles. The molecule has 0 radical (unpaired) electrons. The summed E-state index contributed by atoms with van der Waals surface area (Å²) in [4.78, 5) is 9.13. The zero-order valence-corrected chi connectivity index (χ0v) is 7.95. The van der Waals surface area contributed by atoms with E-state index >= 15 is 0 Å². The molecule has 0 aliphatic carbocycles. The monoisotopic (exact) mass is 184 g/mol. The molecule has 5 heteroatoms. The molecule has 1 atom stereocenters. The maximum atomic E-state index is 9.13. The normalized spacial score (nSPS) is 16.7. The molecule has 0 aliphatic rings. The molecule has 0 heterocycles. The second-order valence-electron chi connectivity index (χ2n) is 1.72. The van der Waals surface area contributed by atoms with Gasteiger partial charge in [0, 0.05) is 0 Å². The van der Waals surface area contributed by atoms with Crippen molar-refractivity contribution >= 4 is 18.5 Å². The zero-order chi connectivity index (χ0) is 8.04. The first-order valence-electron chi connectivity index (χ1n) is 3.24. The van der Waals surface area contributed by atoms with Crippen molar-refractivity contribution in [3.63, 3.8) is 0 Å². The molecule has 0 aromatic heterocycles. The van der Waals surface area contributed by atoms with E-state index in [1.807, 2.05) is 6.92 Å². The van der Waals surface area contributed by atoms with Crippen LogP contribution in [-0.2, 0) is 20.9 Å². The molecule has 62 valence electrons. The molecule has 0 bridgehead atoms. The van der Waals surface area contributed by atoms with E-state index in [1.165, 1.54) is 0 Å². The van der Waals surface area contributed by atoms with Gasteiger partial charge in [0.1, 0.15) is 0 Å². The number of hydrogen-bond donors (Lipinski definition) is 1. The highest BCUT2D eigenvalue weighted by Gasteiger charge is 2.11. The van der Waals surface area contributed by atoms with Crippen LogP contribution >= 0.6 is 6.72 Å². The molecule has 10 heavy (non-hydrogen) atoms. The van der Waals surface area contributed by atoms with Crippen LogP contribution < -0.4 is 0 Å². The Hall–Kier alpha value is 0.530. The van der Waals surface area contributed by atoms with Gasteiger partial charge < -0.3 is 13.9 Å². The van der Waals surface area contributed by atoms with Gasteiger partial charge in [0.15, 0.2) is 0 Å². The summed E-state index contributed by atoms with van der Waals surface area (Å²) in [6.45, 7) is 1.71. The highest BCUT2D eigenvalue weighted by Crippen LogP contribution is 2.43. The molecule has 0 saturated carbocycles. The molecule has 0 rings (SSSR count). The van der Waals surface area contributed by atoms with Crippen molar-refractivity contribution in [2.24, 2.45) is 0 Å². The molecule has 0 aromatic rings. The van der Waals surface area contributed by atoms with E-state index in [2.05, 4.69) is 11.8 Å². The minimum absolute atomic E-state index is 0.400. The Morgan fingerprint density at radius 1 is 1.40 bits per heavy atom. The van der Waals surface area contributed by atoms with Crippen molar-refractivity contribution in [2.45, 2.75) is 20.3 Å². The lowest BCUT2D eigenvalue weighted by Gasteiger charge is -2.13. The molecule has 1 unspecified atom stereocenters. The van der Waals surface area contributed by atoms with Crippen LogP contribution in [0.25, 0.3) is 0 Å². The Morgan fingerprint density at radius 3 is 2.40 bits per heavy atom. The summed E-state index contributed by atoms with van der Waals surface area (Å²) in [5.41, 5.74) is 0. The molecule has 0 amide bonds. The summed E-state index contributed by atoms with van der Waals surface area (Å²) in [5.74, 6) is 0. The predicted molar refractivity (Wildman–Crippen MR) is 44.4 cm³/mol.